The van der Waals surface area contributed by atoms with Crippen LogP contribution in [-0.2, 0) is 13.1 Å². The van der Waals surface area contributed by atoms with E-state index in [1.807, 2.05) is 40.6 Å². The molecule has 2 heterocycles. The first kappa shape index (κ1) is 11.8. The lowest BCUT2D eigenvalue weighted by atomic mass is 10.2. The maximum Gasteiger partial charge on any atom is 0.153 e. The molecule has 0 spiro atoms. The van der Waals surface area contributed by atoms with Crippen LogP contribution in [0.4, 0.5) is 5.82 Å². The first-order chi connectivity index (χ1) is 9.19. The van der Waals surface area contributed by atoms with Crippen LogP contribution in [0.25, 0.3) is 10.9 Å². The molecule has 0 aliphatic heterocycles. The molecule has 5 heteroatoms. The second-order valence-electron chi connectivity index (χ2n) is 4.65. The fourth-order valence-electron chi connectivity index (χ4n) is 2.43. The van der Waals surface area contributed by atoms with E-state index in [9.17, 15) is 0 Å². The summed E-state index contributed by atoms with van der Waals surface area (Å²) in [5.41, 5.74) is 9.18. The van der Waals surface area contributed by atoms with Gasteiger partial charge in [0.15, 0.2) is 5.82 Å². The van der Waals surface area contributed by atoms with Crippen LogP contribution in [0.5, 0.6) is 0 Å². The minimum atomic E-state index is 0.579. The minimum absolute atomic E-state index is 0.579. The molecule has 3 rings (SSSR count). The van der Waals surface area contributed by atoms with Crippen LogP contribution < -0.4 is 5.73 Å². The number of aromatic nitrogens is 4. The highest BCUT2D eigenvalue weighted by Crippen LogP contribution is 2.21. The summed E-state index contributed by atoms with van der Waals surface area (Å²) in [6.07, 6.45) is 0. The number of anilines is 1. The maximum absolute atomic E-state index is 5.95. The second kappa shape index (κ2) is 4.42. The van der Waals surface area contributed by atoms with Crippen molar-refractivity contribution in [2.24, 2.45) is 0 Å². The average molecular weight is 255 g/mol. The van der Waals surface area contributed by atoms with Crippen molar-refractivity contribution in [2.75, 3.05) is 5.73 Å². The summed E-state index contributed by atoms with van der Waals surface area (Å²) in [5, 5.41) is 9.88. The predicted molar refractivity (Wildman–Crippen MR) is 75.9 cm³/mol. The van der Waals surface area contributed by atoms with E-state index in [1.54, 1.807) is 0 Å². The monoisotopic (exact) mass is 255 g/mol. The van der Waals surface area contributed by atoms with Crippen molar-refractivity contribution in [3.63, 3.8) is 0 Å². The van der Waals surface area contributed by atoms with Gasteiger partial charge in [0.1, 0.15) is 0 Å². The summed E-state index contributed by atoms with van der Waals surface area (Å²) < 4.78 is 3.94. The lowest BCUT2D eigenvalue weighted by Gasteiger charge is -2.05. The van der Waals surface area contributed by atoms with Gasteiger partial charge in [0.25, 0.3) is 0 Å². The highest BCUT2D eigenvalue weighted by atomic mass is 15.3. The number of nitrogen functional groups attached to an aromatic ring is 1. The molecule has 0 aliphatic carbocycles. The molecule has 19 heavy (non-hydrogen) atoms. The zero-order chi connectivity index (χ0) is 13.4. The average Bonchev–Trinajstić information content (AvgIpc) is 2.92. The Morgan fingerprint density at radius 3 is 2.74 bits per heavy atom. The Labute approximate surface area is 111 Å². The molecule has 1 aromatic carbocycles. The molecule has 0 atom stereocenters. The van der Waals surface area contributed by atoms with E-state index in [2.05, 4.69) is 23.2 Å². The maximum atomic E-state index is 5.95. The lowest BCUT2D eigenvalue weighted by Crippen LogP contribution is -2.09. The van der Waals surface area contributed by atoms with Gasteiger partial charge in [0.05, 0.1) is 23.4 Å². The van der Waals surface area contributed by atoms with Gasteiger partial charge in [0, 0.05) is 11.9 Å². The first-order valence-corrected chi connectivity index (χ1v) is 6.43. The highest BCUT2D eigenvalue weighted by Gasteiger charge is 2.10. The first-order valence-electron chi connectivity index (χ1n) is 6.43. The molecule has 0 saturated heterocycles. The number of benzene rings is 1. The third kappa shape index (κ3) is 1.97. The van der Waals surface area contributed by atoms with E-state index in [0.29, 0.717) is 12.4 Å². The Morgan fingerprint density at radius 1 is 1.16 bits per heavy atom. The Bertz CT molecular complexity index is 723. The van der Waals surface area contributed by atoms with Gasteiger partial charge in [-0.3, -0.25) is 9.36 Å². The van der Waals surface area contributed by atoms with Gasteiger partial charge in [-0.05, 0) is 32.0 Å². The fraction of sp³-hybridized carbons (Fsp3) is 0.286. The van der Waals surface area contributed by atoms with Crippen LogP contribution in [0.3, 0.4) is 0 Å². The van der Waals surface area contributed by atoms with Crippen molar-refractivity contribution in [3.8, 4) is 0 Å². The zero-order valence-electron chi connectivity index (χ0n) is 11.2. The Morgan fingerprint density at radius 2 is 1.95 bits per heavy atom. The third-order valence-corrected chi connectivity index (χ3v) is 3.28. The highest BCUT2D eigenvalue weighted by molar-refractivity contribution is 5.89. The standard InChI is InChI=1S/C14H17N5/c1-3-18-11(8-10(2)16-18)9-19-13-7-5-4-6-12(13)14(15)17-19/h4-8H,3,9H2,1-2H3,(H2,15,17). The molecular formula is C14H17N5. The number of rotatable bonds is 3. The van der Waals surface area contributed by atoms with Crippen molar-refractivity contribution in [1.82, 2.24) is 19.6 Å². The van der Waals surface area contributed by atoms with Gasteiger partial charge < -0.3 is 5.73 Å². The number of nitrogens with zero attached hydrogens (tertiary/aromatic N) is 4. The SMILES string of the molecule is CCn1nc(C)cc1Cn1nc(N)c2ccccc21. The molecule has 0 amide bonds. The van der Waals surface area contributed by atoms with Gasteiger partial charge in [-0.25, -0.2) is 0 Å². The summed E-state index contributed by atoms with van der Waals surface area (Å²) in [5.74, 6) is 0.579. The number of nitrogens with two attached hydrogens (primary N) is 1. The van der Waals surface area contributed by atoms with Gasteiger partial charge in [-0.15, -0.1) is 0 Å². The van der Waals surface area contributed by atoms with Crippen molar-refractivity contribution in [3.05, 3.63) is 41.7 Å². The Kier molecular flexibility index (Phi) is 2.74. The lowest BCUT2D eigenvalue weighted by molar-refractivity contribution is 0.583. The molecule has 0 unspecified atom stereocenters. The second-order valence-corrected chi connectivity index (χ2v) is 4.65. The van der Waals surface area contributed by atoms with Crippen LogP contribution in [-0.4, -0.2) is 19.6 Å². The molecule has 0 saturated carbocycles. The molecule has 98 valence electrons. The topological polar surface area (TPSA) is 61.7 Å². The van der Waals surface area contributed by atoms with Crippen molar-refractivity contribution < 1.29 is 0 Å². The fourth-order valence-corrected chi connectivity index (χ4v) is 2.43. The van der Waals surface area contributed by atoms with Crippen LogP contribution >= 0.6 is 0 Å². The Balaban J connectivity index is 2.06. The molecule has 2 N–H and O–H groups in total. The molecule has 0 bridgehead atoms. The molecule has 5 nitrogen and oxygen atoms in total. The van der Waals surface area contributed by atoms with E-state index in [-0.39, 0.29) is 0 Å². The summed E-state index contributed by atoms with van der Waals surface area (Å²) in [6.45, 7) is 5.64. The number of hydrogen-bond donors (Lipinski definition) is 1. The zero-order valence-corrected chi connectivity index (χ0v) is 11.2. The van der Waals surface area contributed by atoms with Crippen LogP contribution in [0.2, 0.25) is 0 Å². The van der Waals surface area contributed by atoms with Crippen molar-refractivity contribution in [1.29, 1.82) is 0 Å². The van der Waals surface area contributed by atoms with Crippen molar-refractivity contribution in [2.45, 2.75) is 26.9 Å². The van der Waals surface area contributed by atoms with E-state index in [1.165, 1.54) is 0 Å². The van der Waals surface area contributed by atoms with E-state index in [4.69, 9.17) is 5.73 Å². The minimum Gasteiger partial charge on any atom is -0.382 e. The van der Waals surface area contributed by atoms with Crippen LogP contribution in [0.15, 0.2) is 30.3 Å². The molecule has 2 aromatic heterocycles. The van der Waals surface area contributed by atoms with Crippen LogP contribution in [0.1, 0.15) is 18.3 Å². The molecule has 0 radical (unpaired) electrons. The smallest absolute Gasteiger partial charge is 0.153 e. The number of hydrogen-bond acceptors (Lipinski definition) is 3. The van der Waals surface area contributed by atoms with Gasteiger partial charge >= 0.3 is 0 Å². The van der Waals surface area contributed by atoms with E-state index in [0.717, 1.165) is 28.8 Å². The molecule has 0 aliphatic rings. The predicted octanol–water partition coefficient (Wildman–Crippen LogP) is 2.19. The molecule has 3 aromatic rings. The molecular weight excluding hydrogens is 238 g/mol. The van der Waals surface area contributed by atoms with Gasteiger partial charge in [-0.2, -0.15) is 10.2 Å². The summed E-state index contributed by atoms with van der Waals surface area (Å²) in [6, 6.07) is 10.1. The molecule has 0 fully saturated rings. The number of aryl methyl sites for hydroxylation is 2. The Hall–Kier alpha value is -2.30. The summed E-state index contributed by atoms with van der Waals surface area (Å²) in [7, 11) is 0. The number of fused-ring (bicyclic) bond motifs is 1. The van der Waals surface area contributed by atoms with Crippen molar-refractivity contribution >= 4 is 16.7 Å². The largest absolute Gasteiger partial charge is 0.382 e. The number of para-hydroxylation sites is 1. The van der Waals surface area contributed by atoms with E-state index < -0.39 is 0 Å². The van der Waals surface area contributed by atoms with Gasteiger partial charge in [-0.1, -0.05) is 12.1 Å². The van der Waals surface area contributed by atoms with Crippen LogP contribution in [0, 0.1) is 6.92 Å². The van der Waals surface area contributed by atoms with E-state index >= 15 is 0 Å². The third-order valence-electron chi connectivity index (χ3n) is 3.28. The van der Waals surface area contributed by atoms with Gasteiger partial charge in [0.2, 0.25) is 0 Å². The normalized spacial score (nSPS) is 11.3. The summed E-state index contributed by atoms with van der Waals surface area (Å²) >= 11 is 0. The summed E-state index contributed by atoms with van der Waals surface area (Å²) in [4.78, 5) is 0. The quantitative estimate of drug-likeness (QED) is 0.780.